The van der Waals surface area contributed by atoms with Crippen molar-refractivity contribution < 1.29 is 9.59 Å². The number of amides is 2. The molecule has 3 aromatic rings. The van der Waals surface area contributed by atoms with Gasteiger partial charge in [0.25, 0.3) is 5.91 Å². The fourth-order valence-corrected chi connectivity index (χ4v) is 2.58. The summed E-state index contributed by atoms with van der Waals surface area (Å²) in [5.41, 5.74) is 3.73. The number of hydrogen-bond donors (Lipinski definition) is 2. The Balaban J connectivity index is 1.73. The SMILES string of the molecule is CC(=O)NCc1ccc(C(=O)Nc2cnc3c(c2)c(C)nn3C)cc1. The average Bonchev–Trinajstić information content (AvgIpc) is 2.87. The molecule has 0 saturated carbocycles. The molecule has 2 heterocycles. The monoisotopic (exact) mass is 337 g/mol. The molecule has 0 unspecified atom stereocenters. The molecule has 2 aromatic heterocycles. The number of pyridine rings is 1. The molecule has 7 nitrogen and oxygen atoms in total. The van der Waals surface area contributed by atoms with E-state index in [1.807, 2.05) is 32.2 Å². The molecule has 0 bridgehead atoms. The molecule has 0 fully saturated rings. The summed E-state index contributed by atoms with van der Waals surface area (Å²) in [4.78, 5) is 27.7. The third kappa shape index (κ3) is 3.65. The fraction of sp³-hybridized carbons (Fsp3) is 0.222. The summed E-state index contributed by atoms with van der Waals surface area (Å²) in [6.45, 7) is 3.82. The maximum atomic E-state index is 12.4. The van der Waals surface area contributed by atoms with Crippen molar-refractivity contribution in [3.8, 4) is 0 Å². The number of aryl methyl sites for hydroxylation is 2. The second kappa shape index (κ2) is 6.72. The molecule has 2 amide bonds. The van der Waals surface area contributed by atoms with E-state index >= 15 is 0 Å². The minimum absolute atomic E-state index is 0.0876. The lowest BCUT2D eigenvalue weighted by atomic mass is 10.1. The van der Waals surface area contributed by atoms with Gasteiger partial charge >= 0.3 is 0 Å². The van der Waals surface area contributed by atoms with Gasteiger partial charge < -0.3 is 10.6 Å². The predicted octanol–water partition coefficient (Wildman–Crippen LogP) is 2.17. The quantitative estimate of drug-likeness (QED) is 0.763. The standard InChI is InChI=1S/C18H19N5O2/c1-11-16-8-15(10-20-17(16)23(3)22-11)21-18(25)14-6-4-13(5-7-14)9-19-12(2)24/h4-8,10H,9H2,1-3H3,(H,19,24)(H,21,25). The van der Waals surface area contributed by atoms with Gasteiger partial charge in [0.2, 0.25) is 5.91 Å². The van der Waals surface area contributed by atoms with E-state index < -0.39 is 0 Å². The van der Waals surface area contributed by atoms with Crippen LogP contribution in [-0.4, -0.2) is 26.6 Å². The van der Waals surface area contributed by atoms with Crippen LogP contribution in [0.4, 0.5) is 5.69 Å². The maximum absolute atomic E-state index is 12.4. The highest BCUT2D eigenvalue weighted by atomic mass is 16.2. The van der Waals surface area contributed by atoms with Crippen LogP contribution >= 0.6 is 0 Å². The van der Waals surface area contributed by atoms with Crippen molar-refractivity contribution in [2.24, 2.45) is 7.05 Å². The molecule has 0 aliphatic rings. The highest BCUT2D eigenvalue weighted by molar-refractivity contribution is 6.04. The van der Waals surface area contributed by atoms with E-state index in [0.717, 1.165) is 22.3 Å². The zero-order chi connectivity index (χ0) is 18.0. The Kier molecular flexibility index (Phi) is 4.47. The average molecular weight is 337 g/mol. The van der Waals surface area contributed by atoms with Gasteiger partial charge in [0.15, 0.2) is 5.65 Å². The van der Waals surface area contributed by atoms with Crippen molar-refractivity contribution in [1.29, 1.82) is 0 Å². The number of carbonyl (C=O) groups excluding carboxylic acids is 2. The Morgan fingerprint density at radius 2 is 1.92 bits per heavy atom. The molecular formula is C18H19N5O2. The molecule has 3 rings (SSSR count). The molecule has 0 aliphatic carbocycles. The van der Waals surface area contributed by atoms with Gasteiger partial charge in [0, 0.05) is 31.5 Å². The normalized spacial score (nSPS) is 10.7. The van der Waals surface area contributed by atoms with Gasteiger partial charge in [-0.2, -0.15) is 5.10 Å². The largest absolute Gasteiger partial charge is 0.352 e. The van der Waals surface area contributed by atoms with Gasteiger partial charge in [0.1, 0.15) is 0 Å². The van der Waals surface area contributed by atoms with E-state index in [1.54, 1.807) is 23.0 Å². The van der Waals surface area contributed by atoms with E-state index in [-0.39, 0.29) is 11.8 Å². The van der Waals surface area contributed by atoms with E-state index in [4.69, 9.17) is 0 Å². The number of aromatic nitrogens is 3. The number of benzene rings is 1. The van der Waals surface area contributed by atoms with Gasteiger partial charge in [-0.1, -0.05) is 12.1 Å². The molecule has 1 aromatic carbocycles. The lowest BCUT2D eigenvalue weighted by Crippen LogP contribution is -2.19. The first-order valence-electron chi connectivity index (χ1n) is 7.88. The van der Waals surface area contributed by atoms with Crippen molar-refractivity contribution in [3.63, 3.8) is 0 Å². The molecule has 2 N–H and O–H groups in total. The van der Waals surface area contributed by atoms with E-state index in [9.17, 15) is 9.59 Å². The van der Waals surface area contributed by atoms with Gasteiger partial charge in [-0.25, -0.2) is 4.98 Å². The van der Waals surface area contributed by atoms with Crippen LogP contribution in [0, 0.1) is 6.92 Å². The van der Waals surface area contributed by atoms with Crippen LogP contribution in [0.5, 0.6) is 0 Å². The first-order chi connectivity index (χ1) is 11.9. The lowest BCUT2D eigenvalue weighted by molar-refractivity contribution is -0.119. The number of fused-ring (bicyclic) bond motifs is 1. The summed E-state index contributed by atoms with van der Waals surface area (Å²) in [6, 6.07) is 8.96. The number of nitrogens with one attached hydrogen (secondary N) is 2. The second-order valence-electron chi connectivity index (χ2n) is 5.86. The Morgan fingerprint density at radius 3 is 2.60 bits per heavy atom. The molecule has 7 heteroatoms. The topological polar surface area (TPSA) is 88.9 Å². The van der Waals surface area contributed by atoms with Crippen LogP contribution in [0.3, 0.4) is 0 Å². The van der Waals surface area contributed by atoms with Crippen molar-refractivity contribution in [3.05, 3.63) is 53.3 Å². The first kappa shape index (κ1) is 16.6. The molecule has 25 heavy (non-hydrogen) atoms. The van der Waals surface area contributed by atoms with Crippen molar-refractivity contribution in [2.75, 3.05) is 5.32 Å². The molecule has 0 atom stereocenters. The minimum atomic E-state index is -0.214. The summed E-state index contributed by atoms with van der Waals surface area (Å²) in [6.07, 6.45) is 1.62. The smallest absolute Gasteiger partial charge is 0.255 e. The molecule has 128 valence electrons. The minimum Gasteiger partial charge on any atom is -0.352 e. The summed E-state index contributed by atoms with van der Waals surface area (Å²) < 4.78 is 1.71. The Morgan fingerprint density at radius 1 is 1.20 bits per heavy atom. The number of anilines is 1. The van der Waals surface area contributed by atoms with Gasteiger partial charge in [-0.3, -0.25) is 14.3 Å². The highest BCUT2D eigenvalue weighted by Gasteiger charge is 2.10. The summed E-state index contributed by atoms with van der Waals surface area (Å²) >= 11 is 0. The molecule has 0 saturated heterocycles. The Hall–Kier alpha value is -3.22. The van der Waals surface area contributed by atoms with Gasteiger partial charge in [0.05, 0.1) is 17.6 Å². The molecule has 0 aliphatic heterocycles. The zero-order valence-corrected chi connectivity index (χ0v) is 14.3. The third-order valence-corrected chi connectivity index (χ3v) is 3.88. The predicted molar refractivity (Wildman–Crippen MR) is 95.2 cm³/mol. The number of rotatable bonds is 4. The fourth-order valence-electron chi connectivity index (χ4n) is 2.58. The van der Waals surface area contributed by atoms with Crippen LogP contribution < -0.4 is 10.6 Å². The van der Waals surface area contributed by atoms with E-state index in [2.05, 4.69) is 20.7 Å². The van der Waals surface area contributed by atoms with Crippen LogP contribution in [0.2, 0.25) is 0 Å². The number of hydrogen-bond acceptors (Lipinski definition) is 4. The van der Waals surface area contributed by atoms with Crippen LogP contribution in [0.25, 0.3) is 11.0 Å². The molecule has 0 radical (unpaired) electrons. The van der Waals surface area contributed by atoms with Crippen LogP contribution in [-0.2, 0) is 18.4 Å². The van der Waals surface area contributed by atoms with Crippen molar-refractivity contribution >= 4 is 28.5 Å². The second-order valence-corrected chi connectivity index (χ2v) is 5.86. The zero-order valence-electron chi connectivity index (χ0n) is 14.3. The van der Waals surface area contributed by atoms with Gasteiger partial charge in [-0.15, -0.1) is 0 Å². The summed E-state index contributed by atoms with van der Waals surface area (Å²) in [5, 5.41) is 10.8. The number of carbonyl (C=O) groups is 2. The Labute approximate surface area is 145 Å². The van der Waals surface area contributed by atoms with E-state index in [0.29, 0.717) is 17.8 Å². The molecule has 0 spiro atoms. The van der Waals surface area contributed by atoms with Crippen LogP contribution in [0.15, 0.2) is 36.5 Å². The highest BCUT2D eigenvalue weighted by Crippen LogP contribution is 2.19. The van der Waals surface area contributed by atoms with Gasteiger partial charge in [-0.05, 0) is 30.7 Å². The van der Waals surface area contributed by atoms with Crippen molar-refractivity contribution in [1.82, 2.24) is 20.1 Å². The van der Waals surface area contributed by atoms with Crippen molar-refractivity contribution in [2.45, 2.75) is 20.4 Å². The Bertz CT molecular complexity index is 944. The summed E-state index contributed by atoms with van der Waals surface area (Å²) in [5.74, 6) is -0.302. The maximum Gasteiger partial charge on any atom is 0.255 e. The number of nitrogens with zero attached hydrogens (tertiary/aromatic N) is 3. The molecular weight excluding hydrogens is 318 g/mol. The summed E-state index contributed by atoms with van der Waals surface area (Å²) in [7, 11) is 1.84. The van der Waals surface area contributed by atoms with Crippen LogP contribution in [0.1, 0.15) is 28.5 Å². The first-order valence-corrected chi connectivity index (χ1v) is 7.88. The lowest BCUT2D eigenvalue weighted by Gasteiger charge is -2.07. The third-order valence-electron chi connectivity index (χ3n) is 3.88. The van der Waals surface area contributed by atoms with E-state index in [1.165, 1.54) is 6.92 Å².